The number of hydrogen-bond acceptors (Lipinski definition) is 6. The van der Waals surface area contributed by atoms with Crippen LogP contribution in [0.3, 0.4) is 0 Å². The van der Waals surface area contributed by atoms with E-state index in [1.807, 2.05) is 0 Å². The molecular formula is C29H40O7. The molecule has 0 saturated heterocycles. The van der Waals surface area contributed by atoms with Gasteiger partial charge in [0.05, 0.1) is 0 Å². The van der Waals surface area contributed by atoms with E-state index >= 15 is 0 Å². The van der Waals surface area contributed by atoms with Crippen LogP contribution in [-0.2, 0) is 28.7 Å². The molecule has 2 aliphatic carbocycles. The molecule has 1 heterocycles. The number of cyclic esters (lactones) is 1. The van der Waals surface area contributed by atoms with E-state index in [0.29, 0.717) is 42.6 Å². The molecule has 7 heteroatoms. The minimum Gasteiger partial charge on any atom is -0.478 e. The SMILES string of the molecule is C=C1CCC2C(C)(CC/C=C(\C)C(=O)O)C(OC(C)=O)CCC2(C)C1CC1C(=O)OC(C)=C(C)C1=O. The molecule has 0 radical (unpaired) electrons. The van der Waals surface area contributed by atoms with Crippen molar-refractivity contribution in [1.29, 1.82) is 0 Å². The average Bonchev–Trinajstić information content (AvgIpc) is 2.78. The normalized spacial score (nSPS) is 35.3. The van der Waals surface area contributed by atoms with Gasteiger partial charge in [-0.2, -0.15) is 0 Å². The van der Waals surface area contributed by atoms with Crippen molar-refractivity contribution < 1.29 is 33.8 Å². The molecule has 0 spiro atoms. The van der Waals surface area contributed by atoms with E-state index in [-0.39, 0.29) is 35.1 Å². The summed E-state index contributed by atoms with van der Waals surface area (Å²) in [6.45, 7) is 15.1. The summed E-state index contributed by atoms with van der Waals surface area (Å²) in [5.41, 5.74) is 1.19. The molecule has 1 N–H and O–H groups in total. The quantitative estimate of drug-likeness (QED) is 0.211. The smallest absolute Gasteiger partial charge is 0.330 e. The van der Waals surface area contributed by atoms with E-state index in [2.05, 4.69) is 20.4 Å². The first-order chi connectivity index (χ1) is 16.7. The van der Waals surface area contributed by atoms with Crippen LogP contribution in [0, 0.1) is 28.6 Å². The fourth-order valence-corrected chi connectivity index (χ4v) is 7.10. The first-order valence-corrected chi connectivity index (χ1v) is 12.9. The van der Waals surface area contributed by atoms with Crippen molar-refractivity contribution in [3.05, 3.63) is 35.1 Å². The number of Topliss-reactive ketones (excluding diaryl/α,β-unsaturated/α-hetero) is 1. The third-order valence-corrected chi connectivity index (χ3v) is 9.32. The number of fused-ring (bicyclic) bond motifs is 1. The van der Waals surface area contributed by atoms with Crippen LogP contribution in [0.1, 0.15) is 86.5 Å². The Labute approximate surface area is 214 Å². The molecule has 0 aromatic carbocycles. The zero-order chi connectivity index (χ0) is 27.0. The van der Waals surface area contributed by atoms with E-state index in [4.69, 9.17) is 9.47 Å². The van der Waals surface area contributed by atoms with Gasteiger partial charge >= 0.3 is 17.9 Å². The summed E-state index contributed by atoms with van der Waals surface area (Å²) in [5.74, 6) is -2.32. The minimum atomic E-state index is -0.942. The van der Waals surface area contributed by atoms with Crippen molar-refractivity contribution in [3.8, 4) is 0 Å². The number of hydrogen-bond donors (Lipinski definition) is 1. The van der Waals surface area contributed by atoms with Crippen molar-refractivity contribution in [1.82, 2.24) is 0 Å². The van der Waals surface area contributed by atoms with Crippen LogP contribution in [0.15, 0.2) is 35.1 Å². The standard InChI is InChI=1S/C29H40O7/c1-16-10-11-23-28(6,22(16)15-21-25(31)18(3)19(4)35-27(21)34)14-12-24(36-20(5)30)29(23,7)13-8-9-17(2)26(32)33/h9,21-24H,1,8,10-15H2,2-7H3,(H,32,33)/b17-9+. The van der Waals surface area contributed by atoms with Gasteiger partial charge in [0, 0.05) is 23.5 Å². The van der Waals surface area contributed by atoms with Gasteiger partial charge in [0.2, 0.25) is 0 Å². The summed E-state index contributed by atoms with van der Waals surface area (Å²) >= 11 is 0. The van der Waals surface area contributed by atoms with Crippen molar-refractivity contribution in [2.45, 2.75) is 92.6 Å². The number of aliphatic carboxylic acids is 1. The number of carbonyl (C=O) groups excluding carboxylic acids is 3. The van der Waals surface area contributed by atoms with E-state index in [1.54, 1.807) is 26.8 Å². The molecule has 6 unspecified atom stereocenters. The van der Waals surface area contributed by atoms with Crippen LogP contribution in [0.5, 0.6) is 0 Å². The molecule has 3 rings (SSSR count). The number of ketones is 1. The molecule has 7 nitrogen and oxygen atoms in total. The molecular weight excluding hydrogens is 460 g/mol. The summed E-state index contributed by atoms with van der Waals surface area (Å²) in [4.78, 5) is 49.1. The van der Waals surface area contributed by atoms with Gasteiger partial charge in [-0.1, -0.05) is 32.1 Å². The molecule has 0 aromatic rings. The second kappa shape index (κ2) is 10.3. The second-order valence-electron chi connectivity index (χ2n) is 11.4. The van der Waals surface area contributed by atoms with Crippen LogP contribution >= 0.6 is 0 Å². The first-order valence-electron chi connectivity index (χ1n) is 12.9. The lowest BCUT2D eigenvalue weighted by molar-refractivity contribution is -0.180. The maximum absolute atomic E-state index is 13.1. The Kier molecular flexibility index (Phi) is 8.01. The number of carbonyl (C=O) groups is 4. The molecule has 2 saturated carbocycles. The number of carboxylic acid groups (broad SMARTS) is 1. The van der Waals surface area contributed by atoms with Gasteiger partial charge in [-0.15, -0.1) is 0 Å². The summed E-state index contributed by atoms with van der Waals surface area (Å²) in [6, 6.07) is 0. The lowest BCUT2D eigenvalue weighted by Gasteiger charge is -2.61. The fourth-order valence-electron chi connectivity index (χ4n) is 7.10. The van der Waals surface area contributed by atoms with E-state index in [1.165, 1.54) is 6.92 Å². The highest BCUT2D eigenvalue weighted by atomic mass is 16.5. The van der Waals surface area contributed by atoms with Crippen LogP contribution in [-0.4, -0.2) is 34.9 Å². The number of carboxylic acids is 1. The third kappa shape index (κ3) is 5.07. The molecule has 0 amide bonds. The molecule has 6 atom stereocenters. The maximum Gasteiger partial charge on any atom is 0.330 e. The van der Waals surface area contributed by atoms with Crippen LogP contribution in [0.4, 0.5) is 0 Å². The Hall–Kier alpha value is -2.70. The van der Waals surface area contributed by atoms with E-state index in [9.17, 15) is 24.3 Å². The topological polar surface area (TPSA) is 107 Å². The molecule has 3 aliphatic rings. The summed E-state index contributed by atoms with van der Waals surface area (Å²) in [5, 5.41) is 9.26. The monoisotopic (exact) mass is 500 g/mol. The highest BCUT2D eigenvalue weighted by Gasteiger charge is 2.59. The summed E-state index contributed by atoms with van der Waals surface area (Å²) in [6.07, 6.45) is 6.11. The van der Waals surface area contributed by atoms with E-state index in [0.717, 1.165) is 24.8 Å². The molecule has 0 aromatic heterocycles. The molecule has 0 bridgehead atoms. The predicted octanol–water partition coefficient (Wildman–Crippen LogP) is 5.54. The minimum absolute atomic E-state index is 0.0575. The Bertz CT molecular complexity index is 1030. The maximum atomic E-state index is 13.1. The first kappa shape index (κ1) is 27.9. The largest absolute Gasteiger partial charge is 0.478 e. The molecule has 2 fully saturated rings. The van der Waals surface area contributed by atoms with Crippen LogP contribution < -0.4 is 0 Å². The van der Waals surface area contributed by atoms with Gasteiger partial charge in [-0.25, -0.2) is 4.79 Å². The van der Waals surface area contributed by atoms with Gasteiger partial charge < -0.3 is 14.6 Å². The van der Waals surface area contributed by atoms with Gasteiger partial charge in [0.1, 0.15) is 17.8 Å². The second-order valence-corrected chi connectivity index (χ2v) is 11.4. The Balaban J connectivity index is 1.95. The lowest BCUT2D eigenvalue weighted by Crippen LogP contribution is -2.57. The Morgan fingerprint density at radius 3 is 2.47 bits per heavy atom. The lowest BCUT2D eigenvalue weighted by atomic mass is 9.45. The zero-order valence-corrected chi connectivity index (χ0v) is 22.4. The Morgan fingerprint density at radius 2 is 1.86 bits per heavy atom. The van der Waals surface area contributed by atoms with Crippen LogP contribution in [0.25, 0.3) is 0 Å². The van der Waals surface area contributed by atoms with Gasteiger partial charge in [0.25, 0.3) is 0 Å². The number of rotatable bonds is 7. The zero-order valence-electron chi connectivity index (χ0n) is 22.4. The highest BCUT2D eigenvalue weighted by Crippen LogP contribution is 2.64. The molecule has 36 heavy (non-hydrogen) atoms. The number of esters is 2. The van der Waals surface area contributed by atoms with Crippen molar-refractivity contribution in [2.24, 2.45) is 28.6 Å². The number of ether oxygens (including phenoxy) is 2. The Morgan fingerprint density at radius 1 is 1.19 bits per heavy atom. The van der Waals surface area contributed by atoms with Crippen molar-refractivity contribution in [2.75, 3.05) is 0 Å². The van der Waals surface area contributed by atoms with Gasteiger partial charge in [-0.3, -0.25) is 14.4 Å². The van der Waals surface area contributed by atoms with Crippen molar-refractivity contribution in [3.63, 3.8) is 0 Å². The third-order valence-electron chi connectivity index (χ3n) is 9.32. The van der Waals surface area contributed by atoms with E-state index < -0.39 is 23.3 Å². The molecule has 198 valence electrons. The highest BCUT2D eigenvalue weighted by molar-refractivity contribution is 6.10. The van der Waals surface area contributed by atoms with Crippen LogP contribution in [0.2, 0.25) is 0 Å². The fraction of sp³-hybridized carbons (Fsp3) is 0.655. The van der Waals surface area contributed by atoms with Crippen molar-refractivity contribution >= 4 is 23.7 Å². The van der Waals surface area contributed by atoms with Gasteiger partial charge in [0.15, 0.2) is 5.78 Å². The summed E-state index contributed by atoms with van der Waals surface area (Å²) in [7, 11) is 0. The van der Waals surface area contributed by atoms with Gasteiger partial charge in [-0.05, 0) is 83.0 Å². The average molecular weight is 501 g/mol. The molecule has 1 aliphatic heterocycles. The summed E-state index contributed by atoms with van der Waals surface area (Å²) < 4.78 is 11.2. The number of allylic oxidation sites excluding steroid dienone is 4. The predicted molar refractivity (Wildman–Crippen MR) is 135 cm³/mol.